The number of nitrogens with one attached hydrogen (secondary N) is 2. The summed E-state index contributed by atoms with van der Waals surface area (Å²) in [5.41, 5.74) is 1.95. The van der Waals surface area contributed by atoms with Crippen molar-refractivity contribution in [3.63, 3.8) is 0 Å². The molecule has 1 amide bonds. The summed E-state index contributed by atoms with van der Waals surface area (Å²) < 4.78 is 5.95. The van der Waals surface area contributed by atoms with Crippen molar-refractivity contribution in [2.24, 2.45) is 5.92 Å². The smallest absolute Gasteiger partial charge is 0.224 e. The molecule has 3 saturated heterocycles. The van der Waals surface area contributed by atoms with Crippen LogP contribution in [-0.4, -0.2) is 49.1 Å². The number of carbonyl (C=O) groups is 1. The number of carbonyl (C=O) groups excluding carboxylic acids is 1. The van der Waals surface area contributed by atoms with Crippen LogP contribution < -0.4 is 15.4 Å². The normalized spacial score (nSPS) is 27.7. The highest BCUT2D eigenvalue weighted by Crippen LogP contribution is 2.33. The highest BCUT2D eigenvalue weighted by Gasteiger charge is 2.34. The van der Waals surface area contributed by atoms with Crippen molar-refractivity contribution in [1.29, 1.82) is 0 Å². The van der Waals surface area contributed by atoms with Crippen molar-refractivity contribution in [3.8, 4) is 5.75 Å². The summed E-state index contributed by atoms with van der Waals surface area (Å²) in [5, 5.41) is 6.73. The molecule has 3 aliphatic heterocycles. The lowest BCUT2D eigenvalue weighted by atomic mass is 9.89. The van der Waals surface area contributed by atoms with E-state index in [1.54, 1.807) is 0 Å². The molecule has 3 heterocycles. The Morgan fingerprint density at radius 2 is 1.96 bits per heavy atom. The van der Waals surface area contributed by atoms with E-state index >= 15 is 0 Å². The number of hydrogen-bond donors (Lipinski definition) is 2. The molecule has 2 unspecified atom stereocenters. The number of rotatable bonds is 7. The molecule has 1 aromatic carbocycles. The summed E-state index contributed by atoms with van der Waals surface area (Å²) in [7, 11) is 0. The molecule has 3 aliphatic rings. The van der Waals surface area contributed by atoms with Crippen molar-refractivity contribution < 1.29 is 9.53 Å². The van der Waals surface area contributed by atoms with E-state index in [9.17, 15) is 4.79 Å². The Morgan fingerprint density at radius 1 is 1.22 bits per heavy atom. The molecular weight excluding hydrogens is 338 g/mol. The molecule has 27 heavy (non-hydrogen) atoms. The average molecular weight is 372 g/mol. The monoisotopic (exact) mass is 371 g/mol. The van der Waals surface area contributed by atoms with Gasteiger partial charge in [-0.15, -0.1) is 0 Å². The lowest BCUT2D eigenvalue weighted by Crippen LogP contribution is -2.39. The fourth-order valence-electron chi connectivity index (χ4n) is 5.00. The predicted molar refractivity (Wildman–Crippen MR) is 108 cm³/mol. The second-order valence-electron chi connectivity index (χ2n) is 8.61. The lowest BCUT2D eigenvalue weighted by Gasteiger charge is -2.28. The second kappa shape index (κ2) is 8.61. The van der Waals surface area contributed by atoms with E-state index in [1.807, 2.05) is 25.1 Å². The molecule has 2 bridgehead atoms. The molecule has 0 aromatic heterocycles. The standard InChI is InChI=1S/C22H33N3O2/c1-16-12-18(6-7-21(16)27-11-10-25-8-2-3-9-25)24-22(26)15-17-13-19-4-5-20(14-17)23-19/h6-7,12,17,19-20,23H,2-5,8-11,13-15H2,1H3,(H,24,26). The number of aryl methyl sites for hydroxylation is 1. The summed E-state index contributed by atoms with van der Waals surface area (Å²) >= 11 is 0. The average Bonchev–Trinajstić information content (AvgIpc) is 3.26. The van der Waals surface area contributed by atoms with Gasteiger partial charge in [0, 0.05) is 30.7 Å². The van der Waals surface area contributed by atoms with Crippen molar-refractivity contribution in [1.82, 2.24) is 10.2 Å². The Labute approximate surface area is 162 Å². The van der Waals surface area contributed by atoms with Crippen LogP contribution in [-0.2, 0) is 4.79 Å². The van der Waals surface area contributed by atoms with Gasteiger partial charge in [-0.25, -0.2) is 0 Å². The van der Waals surface area contributed by atoms with E-state index < -0.39 is 0 Å². The van der Waals surface area contributed by atoms with Crippen LogP contribution >= 0.6 is 0 Å². The molecule has 0 spiro atoms. The van der Waals surface area contributed by atoms with Crippen LogP contribution in [0.25, 0.3) is 0 Å². The quantitative estimate of drug-likeness (QED) is 0.772. The number of anilines is 1. The third-order valence-corrected chi connectivity index (χ3v) is 6.37. The van der Waals surface area contributed by atoms with Crippen LogP contribution in [0, 0.1) is 12.8 Å². The maximum absolute atomic E-state index is 12.5. The number of hydrogen-bond acceptors (Lipinski definition) is 4. The molecule has 1 aromatic rings. The Bertz CT molecular complexity index is 645. The second-order valence-corrected chi connectivity index (χ2v) is 8.61. The van der Waals surface area contributed by atoms with Gasteiger partial charge in [0.25, 0.3) is 0 Å². The molecule has 0 aliphatic carbocycles. The zero-order chi connectivity index (χ0) is 18.6. The Kier molecular flexibility index (Phi) is 5.98. The van der Waals surface area contributed by atoms with Crippen LogP contribution in [0.3, 0.4) is 0 Å². The Hall–Kier alpha value is -1.59. The lowest BCUT2D eigenvalue weighted by molar-refractivity contribution is -0.117. The van der Waals surface area contributed by atoms with Gasteiger partial charge in [-0.3, -0.25) is 9.69 Å². The largest absolute Gasteiger partial charge is 0.492 e. The number of ether oxygens (including phenoxy) is 1. The molecule has 0 saturated carbocycles. The molecular formula is C22H33N3O2. The number of likely N-dealkylation sites (tertiary alicyclic amines) is 1. The first kappa shape index (κ1) is 18.8. The molecule has 0 radical (unpaired) electrons. The van der Waals surface area contributed by atoms with E-state index in [2.05, 4.69) is 15.5 Å². The van der Waals surface area contributed by atoms with E-state index in [1.165, 1.54) is 38.8 Å². The topological polar surface area (TPSA) is 53.6 Å². The minimum absolute atomic E-state index is 0.142. The van der Waals surface area contributed by atoms with E-state index in [0.717, 1.165) is 43.0 Å². The van der Waals surface area contributed by atoms with Crippen molar-refractivity contribution in [2.75, 3.05) is 31.6 Å². The zero-order valence-corrected chi connectivity index (χ0v) is 16.5. The zero-order valence-electron chi connectivity index (χ0n) is 16.5. The minimum atomic E-state index is 0.142. The van der Waals surface area contributed by atoms with E-state index in [0.29, 0.717) is 24.4 Å². The van der Waals surface area contributed by atoms with Crippen LogP contribution in [0.1, 0.15) is 50.5 Å². The third-order valence-electron chi connectivity index (χ3n) is 6.37. The maximum atomic E-state index is 12.5. The highest BCUT2D eigenvalue weighted by atomic mass is 16.5. The van der Waals surface area contributed by atoms with Gasteiger partial charge in [0.1, 0.15) is 12.4 Å². The summed E-state index contributed by atoms with van der Waals surface area (Å²) in [6.45, 7) is 6.17. The number of piperidine rings is 1. The maximum Gasteiger partial charge on any atom is 0.224 e. The van der Waals surface area contributed by atoms with Crippen LogP contribution in [0.4, 0.5) is 5.69 Å². The molecule has 4 rings (SSSR count). The fourth-order valence-corrected chi connectivity index (χ4v) is 5.00. The van der Waals surface area contributed by atoms with Gasteiger partial charge in [-0.1, -0.05) is 0 Å². The first-order chi connectivity index (χ1) is 13.2. The van der Waals surface area contributed by atoms with Gasteiger partial charge in [0.2, 0.25) is 5.91 Å². The summed E-state index contributed by atoms with van der Waals surface area (Å²) in [4.78, 5) is 14.9. The number of benzene rings is 1. The molecule has 5 nitrogen and oxygen atoms in total. The van der Waals surface area contributed by atoms with Crippen LogP contribution in [0.5, 0.6) is 5.75 Å². The number of nitrogens with zero attached hydrogens (tertiary/aromatic N) is 1. The van der Waals surface area contributed by atoms with Gasteiger partial charge in [-0.2, -0.15) is 0 Å². The summed E-state index contributed by atoms with van der Waals surface area (Å²) in [6, 6.07) is 7.25. The van der Waals surface area contributed by atoms with Gasteiger partial charge in [0.05, 0.1) is 0 Å². The summed E-state index contributed by atoms with van der Waals surface area (Å²) in [5.74, 6) is 1.59. The molecule has 148 valence electrons. The van der Waals surface area contributed by atoms with Crippen molar-refractivity contribution >= 4 is 11.6 Å². The molecule has 2 N–H and O–H groups in total. The summed E-state index contributed by atoms with van der Waals surface area (Å²) in [6.07, 6.45) is 8.11. The highest BCUT2D eigenvalue weighted by molar-refractivity contribution is 5.91. The third kappa shape index (κ3) is 5.02. The first-order valence-corrected chi connectivity index (χ1v) is 10.7. The molecule has 3 fully saturated rings. The first-order valence-electron chi connectivity index (χ1n) is 10.7. The number of fused-ring (bicyclic) bond motifs is 2. The van der Waals surface area contributed by atoms with Gasteiger partial charge < -0.3 is 15.4 Å². The molecule has 2 atom stereocenters. The predicted octanol–water partition coefficient (Wildman–Crippen LogP) is 3.33. The van der Waals surface area contributed by atoms with Gasteiger partial charge >= 0.3 is 0 Å². The Balaban J connectivity index is 1.23. The molecule has 5 heteroatoms. The fraction of sp³-hybridized carbons (Fsp3) is 0.682. The van der Waals surface area contributed by atoms with Crippen LogP contribution in [0.15, 0.2) is 18.2 Å². The van der Waals surface area contributed by atoms with E-state index in [4.69, 9.17) is 4.74 Å². The van der Waals surface area contributed by atoms with Gasteiger partial charge in [-0.05, 0) is 88.2 Å². The minimum Gasteiger partial charge on any atom is -0.492 e. The number of amides is 1. The van der Waals surface area contributed by atoms with Crippen LogP contribution in [0.2, 0.25) is 0 Å². The SMILES string of the molecule is Cc1cc(NC(=O)CC2CC3CCC(C2)N3)ccc1OCCN1CCCC1. The van der Waals surface area contributed by atoms with Crippen molar-refractivity contribution in [3.05, 3.63) is 23.8 Å². The van der Waals surface area contributed by atoms with E-state index in [-0.39, 0.29) is 5.91 Å². The van der Waals surface area contributed by atoms with Gasteiger partial charge in [0.15, 0.2) is 0 Å². The Morgan fingerprint density at radius 3 is 2.67 bits per heavy atom. The van der Waals surface area contributed by atoms with Crippen molar-refractivity contribution in [2.45, 2.75) is 64.0 Å².